The van der Waals surface area contributed by atoms with Crippen molar-refractivity contribution in [3.05, 3.63) is 33.8 Å². The standard InChI is InChI=1S/C15H18Cl2F3N/c1-21-14(11-8-9(16)6-7-13(11)17)10-4-2-3-5-12(10)15(18,19)20/h6-8,10,12,14,21H,2-5H2,1H3. The van der Waals surface area contributed by atoms with E-state index >= 15 is 0 Å². The first-order valence-electron chi connectivity index (χ1n) is 7.03. The van der Waals surface area contributed by atoms with Gasteiger partial charge in [0.15, 0.2) is 0 Å². The van der Waals surface area contributed by atoms with Crippen LogP contribution in [0.1, 0.15) is 37.3 Å². The highest BCUT2D eigenvalue weighted by Crippen LogP contribution is 2.47. The van der Waals surface area contributed by atoms with E-state index in [-0.39, 0.29) is 6.42 Å². The van der Waals surface area contributed by atoms with Gasteiger partial charge in [-0.15, -0.1) is 0 Å². The van der Waals surface area contributed by atoms with E-state index in [0.29, 0.717) is 28.5 Å². The lowest BCUT2D eigenvalue weighted by molar-refractivity contribution is -0.199. The summed E-state index contributed by atoms with van der Waals surface area (Å²) in [5.41, 5.74) is 0.646. The van der Waals surface area contributed by atoms with Crippen molar-refractivity contribution < 1.29 is 13.2 Å². The maximum Gasteiger partial charge on any atom is 0.392 e. The van der Waals surface area contributed by atoms with Gasteiger partial charge in [-0.1, -0.05) is 36.0 Å². The highest BCUT2D eigenvalue weighted by Gasteiger charge is 2.48. The summed E-state index contributed by atoms with van der Waals surface area (Å²) in [5.74, 6) is -1.81. The number of halogens is 5. The van der Waals surface area contributed by atoms with E-state index in [4.69, 9.17) is 23.2 Å². The minimum atomic E-state index is -4.18. The zero-order valence-corrected chi connectivity index (χ0v) is 13.2. The first kappa shape index (κ1) is 16.9. The zero-order valence-electron chi connectivity index (χ0n) is 11.7. The molecule has 0 spiro atoms. The third-order valence-corrected chi connectivity index (χ3v) is 4.85. The lowest BCUT2D eigenvalue weighted by atomic mass is 9.73. The quantitative estimate of drug-likeness (QED) is 0.753. The Balaban J connectivity index is 2.36. The molecule has 1 saturated carbocycles. The molecule has 0 aliphatic heterocycles. The molecule has 118 valence electrons. The molecule has 1 aliphatic carbocycles. The summed E-state index contributed by atoms with van der Waals surface area (Å²) in [4.78, 5) is 0. The Hall–Kier alpha value is -0.450. The molecule has 0 aromatic heterocycles. The Morgan fingerprint density at radius 2 is 1.86 bits per heavy atom. The Kier molecular flexibility index (Phi) is 5.44. The molecule has 6 heteroatoms. The summed E-state index contributed by atoms with van der Waals surface area (Å²) >= 11 is 12.1. The average Bonchev–Trinajstić information content (AvgIpc) is 2.43. The lowest BCUT2D eigenvalue weighted by Gasteiger charge is -2.38. The molecule has 0 radical (unpaired) electrons. The Morgan fingerprint density at radius 3 is 2.48 bits per heavy atom. The second kappa shape index (κ2) is 6.76. The molecule has 1 fully saturated rings. The van der Waals surface area contributed by atoms with Crippen LogP contribution < -0.4 is 5.32 Å². The van der Waals surface area contributed by atoms with Crippen molar-refractivity contribution in [1.82, 2.24) is 5.32 Å². The fraction of sp³-hybridized carbons (Fsp3) is 0.600. The molecule has 1 N–H and O–H groups in total. The fourth-order valence-electron chi connectivity index (χ4n) is 3.32. The minimum Gasteiger partial charge on any atom is -0.313 e. The van der Waals surface area contributed by atoms with Gasteiger partial charge in [-0.05, 0) is 49.6 Å². The highest BCUT2D eigenvalue weighted by molar-refractivity contribution is 6.33. The number of hydrogen-bond acceptors (Lipinski definition) is 1. The molecule has 0 heterocycles. The van der Waals surface area contributed by atoms with Crippen LogP contribution in [0.25, 0.3) is 0 Å². The molecule has 2 rings (SSSR count). The van der Waals surface area contributed by atoms with Crippen molar-refractivity contribution in [3.8, 4) is 0 Å². The number of benzene rings is 1. The van der Waals surface area contributed by atoms with Gasteiger partial charge < -0.3 is 5.32 Å². The van der Waals surface area contributed by atoms with E-state index in [1.54, 1.807) is 25.2 Å². The molecule has 21 heavy (non-hydrogen) atoms. The van der Waals surface area contributed by atoms with Crippen LogP contribution in [-0.2, 0) is 0 Å². The summed E-state index contributed by atoms with van der Waals surface area (Å²) in [6, 6.07) is 4.49. The first-order chi connectivity index (χ1) is 9.84. The van der Waals surface area contributed by atoms with Crippen LogP contribution >= 0.6 is 23.2 Å². The van der Waals surface area contributed by atoms with Gasteiger partial charge in [0.25, 0.3) is 0 Å². The molecule has 0 bridgehead atoms. The monoisotopic (exact) mass is 339 g/mol. The van der Waals surface area contributed by atoms with E-state index in [0.717, 1.165) is 6.42 Å². The van der Waals surface area contributed by atoms with E-state index in [2.05, 4.69) is 5.32 Å². The molecule has 1 aromatic carbocycles. The summed E-state index contributed by atoms with van der Waals surface area (Å²) in [5, 5.41) is 3.94. The Morgan fingerprint density at radius 1 is 1.19 bits per heavy atom. The SMILES string of the molecule is CNC(c1cc(Cl)ccc1Cl)C1CCCCC1C(F)(F)F. The molecule has 1 nitrogen and oxygen atoms in total. The van der Waals surface area contributed by atoms with Gasteiger partial charge in [-0.3, -0.25) is 0 Å². The van der Waals surface area contributed by atoms with Crippen LogP contribution in [0, 0.1) is 11.8 Å². The number of nitrogens with one attached hydrogen (secondary N) is 1. The van der Waals surface area contributed by atoms with Crippen molar-refractivity contribution >= 4 is 23.2 Å². The van der Waals surface area contributed by atoms with E-state index in [9.17, 15) is 13.2 Å². The number of rotatable bonds is 3. The minimum absolute atomic E-state index is 0.185. The lowest BCUT2D eigenvalue weighted by Crippen LogP contribution is -2.40. The molecule has 3 unspecified atom stereocenters. The van der Waals surface area contributed by atoms with Crippen molar-refractivity contribution in [2.24, 2.45) is 11.8 Å². The second-order valence-corrected chi connectivity index (χ2v) is 6.37. The van der Waals surface area contributed by atoms with Gasteiger partial charge in [0.05, 0.1) is 5.92 Å². The molecular formula is C15H18Cl2F3N. The van der Waals surface area contributed by atoms with Crippen LogP contribution in [0.5, 0.6) is 0 Å². The number of hydrogen-bond donors (Lipinski definition) is 1. The van der Waals surface area contributed by atoms with Crippen molar-refractivity contribution in [1.29, 1.82) is 0 Å². The molecule has 0 amide bonds. The Labute approximate surface area is 132 Å². The van der Waals surface area contributed by atoms with Gasteiger partial charge in [0.1, 0.15) is 0 Å². The fourth-order valence-corrected chi connectivity index (χ4v) is 3.73. The zero-order chi connectivity index (χ0) is 15.6. The normalized spacial score (nSPS) is 24.9. The van der Waals surface area contributed by atoms with Gasteiger partial charge in [-0.2, -0.15) is 13.2 Å². The van der Waals surface area contributed by atoms with E-state index in [1.807, 2.05) is 0 Å². The smallest absolute Gasteiger partial charge is 0.313 e. The maximum atomic E-state index is 13.3. The van der Waals surface area contributed by atoms with Gasteiger partial charge in [0, 0.05) is 16.1 Å². The molecular weight excluding hydrogens is 322 g/mol. The van der Waals surface area contributed by atoms with Crippen LogP contribution in [0.2, 0.25) is 10.0 Å². The van der Waals surface area contributed by atoms with E-state index < -0.39 is 24.1 Å². The van der Waals surface area contributed by atoms with Gasteiger partial charge in [0.2, 0.25) is 0 Å². The summed E-state index contributed by atoms with van der Waals surface area (Å²) in [7, 11) is 1.67. The highest BCUT2D eigenvalue weighted by atomic mass is 35.5. The third-order valence-electron chi connectivity index (χ3n) is 4.27. The summed E-state index contributed by atoms with van der Waals surface area (Å²) in [6.07, 6.45) is -2.01. The van der Waals surface area contributed by atoms with Crippen molar-refractivity contribution in [2.45, 2.75) is 37.9 Å². The number of alkyl halides is 3. The average molecular weight is 340 g/mol. The largest absolute Gasteiger partial charge is 0.392 e. The Bertz CT molecular complexity index is 490. The van der Waals surface area contributed by atoms with Crippen molar-refractivity contribution in [2.75, 3.05) is 7.05 Å². The predicted octanol–water partition coefficient (Wildman–Crippen LogP) is 5.62. The predicted molar refractivity (Wildman–Crippen MR) is 79.8 cm³/mol. The second-order valence-electron chi connectivity index (χ2n) is 5.53. The molecule has 1 aliphatic rings. The van der Waals surface area contributed by atoms with Crippen molar-refractivity contribution in [3.63, 3.8) is 0 Å². The van der Waals surface area contributed by atoms with Gasteiger partial charge >= 0.3 is 6.18 Å². The summed E-state index contributed by atoms with van der Waals surface area (Å²) in [6.45, 7) is 0. The molecule has 0 saturated heterocycles. The molecule has 3 atom stereocenters. The van der Waals surface area contributed by atoms with Crippen LogP contribution in [0.4, 0.5) is 13.2 Å². The van der Waals surface area contributed by atoms with E-state index in [1.165, 1.54) is 0 Å². The van der Waals surface area contributed by atoms with Gasteiger partial charge in [-0.25, -0.2) is 0 Å². The topological polar surface area (TPSA) is 12.0 Å². The first-order valence-corrected chi connectivity index (χ1v) is 7.79. The third kappa shape index (κ3) is 3.85. The molecule has 1 aromatic rings. The van der Waals surface area contributed by atoms with Crippen LogP contribution in [-0.4, -0.2) is 13.2 Å². The maximum absolute atomic E-state index is 13.3. The summed E-state index contributed by atoms with van der Waals surface area (Å²) < 4.78 is 39.9. The van der Waals surface area contributed by atoms with Crippen LogP contribution in [0.15, 0.2) is 18.2 Å². The van der Waals surface area contributed by atoms with Crippen LogP contribution in [0.3, 0.4) is 0 Å².